The number of nitrogens with zero attached hydrogens (tertiary/aromatic N) is 3. The molecule has 20 heavy (non-hydrogen) atoms. The Morgan fingerprint density at radius 2 is 2.15 bits per heavy atom. The van der Waals surface area contributed by atoms with Gasteiger partial charge in [-0.2, -0.15) is 5.10 Å². The van der Waals surface area contributed by atoms with E-state index in [1.54, 1.807) is 14.0 Å². The third-order valence-electron chi connectivity index (χ3n) is 2.52. The number of halogens is 1. The van der Waals surface area contributed by atoms with Gasteiger partial charge >= 0.3 is 0 Å². The summed E-state index contributed by atoms with van der Waals surface area (Å²) in [5.74, 6) is 0.702. The van der Waals surface area contributed by atoms with Gasteiger partial charge in [0.05, 0.1) is 6.04 Å². The Morgan fingerprint density at radius 1 is 1.40 bits per heavy atom. The molecule has 0 bridgehead atoms. The molecule has 1 atom stereocenters. The Hall–Kier alpha value is -1.52. The highest BCUT2D eigenvalue weighted by Crippen LogP contribution is 2.23. The van der Waals surface area contributed by atoms with Gasteiger partial charge in [-0.25, -0.2) is 23.1 Å². The van der Waals surface area contributed by atoms with E-state index in [1.165, 1.54) is 18.6 Å². The van der Waals surface area contributed by atoms with E-state index in [9.17, 15) is 8.42 Å². The maximum Gasteiger partial charge on any atom is 0.244 e. The van der Waals surface area contributed by atoms with Crippen LogP contribution in [0.2, 0.25) is 0 Å². The predicted octanol–water partition coefficient (Wildman–Crippen LogP) is 1.04. The number of aromatic nitrogens is 4. The zero-order valence-electron chi connectivity index (χ0n) is 10.8. The fourth-order valence-corrected chi connectivity index (χ4v) is 3.47. The van der Waals surface area contributed by atoms with Gasteiger partial charge in [0.1, 0.15) is 22.9 Å². The maximum absolute atomic E-state index is 12.4. The fraction of sp³-hybridized carbons (Fsp3) is 0.300. The van der Waals surface area contributed by atoms with Crippen LogP contribution >= 0.6 is 15.9 Å². The van der Waals surface area contributed by atoms with Crippen LogP contribution in [0.15, 0.2) is 28.0 Å². The Bertz CT molecular complexity index is 688. The SMILES string of the molecule is CNc1ncc(Br)cc1S(=O)(=O)NC(C)c1ncn[nH]1. The van der Waals surface area contributed by atoms with Crippen LogP contribution in [0, 0.1) is 0 Å². The molecular formula is C10H13BrN6O2S. The van der Waals surface area contributed by atoms with Crippen molar-refractivity contribution < 1.29 is 8.42 Å². The van der Waals surface area contributed by atoms with E-state index in [-0.39, 0.29) is 10.7 Å². The molecule has 0 saturated heterocycles. The first-order chi connectivity index (χ1) is 9.44. The van der Waals surface area contributed by atoms with Crippen molar-refractivity contribution in [3.63, 3.8) is 0 Å². The number of aromatic amines is 1. The monoisotopic (exact) mass is 360 g/mol. The molecule has 0 aromatic carbocycles. The summed E-state index contributed by atoms with van der Waals surface area (Å²) in [7, 11) is -2.14. The van der Waals surface area contributed by atoms with Crippen LogP contribution in [0.25, 0.3) is 0 Å². The Morgan fingerprint density at radius 3 is 2.75 bits per heavy atom. The molecule has 0 saturated carbocycles. The lowest BCUT2D eigenvalue weighted by atomic mass is 10.3. The van der Waals surface area contributed by atoms with Crippen molar-refractivity contribution in [1.82, 2.24) is 24.9 Å². The van der Waals surface area contributed by atoms with Crippen molar-refractivity contribution in [2.75, 3.05) is 12.4 Å². The Labute approximate surface area is 124 Å². The van der Waals surface area contributed by atoms with Gasteiger partial charge in [0.2, 0.25) is 10.0 Å². The molecule has 10 heteroatoms. The molecule has 2 rings (SSSR count). The molecule has 2 aromatic heterocycles. The number of anilines is 1. The van der Waals surface area contributed by atoms with Crippen LogP contribution in [0.1, 0.15) is 18.8 Å². The van der Waals surface area contributed by atoms with Crippen molar-refractivity contribution in [1.29, 1.82) is 0 Å². The minimum absolute atomic E-state index is 0.0562. The first kappa shape index (κ1) is 14.9. The van der Waals surface area contributed by atoms with Gasteiger partial charge in [-0.1, -0.05) is 0 Å². The Balaban J connectivity index is 2.33. The van der Waals surface area contributed by atoms with Crippen LogP contribution in [0.4, 0.5) is 5.82 Å². The van der Waals surface area contributed by atoms with E-state index >= 15 is 0 Å². The number of hydrogen-bond acceptors (Lipinski definition) is 6. The summed E-state index contributed by atoms with van der Waals surface area (Å²) < 4.78 is 27.9. The zero-order valence-corrected chi connectivity index (χ0v) is 13.2. The van der Waals surface area contributed by atoms with Gasteiger partial charge in [0.15, 0.2) is 0 Å². The van der Waals surface area contributed by atoms with Crippen LogP contribution < -0.4 is 10.0 Å². The summed E-state index contributed by atoms with van der Waals surface area (Å²) in [5, 5.41) is 9.06. The summed E-state index contributed by atoms with van der Waals surface area (Å²) in [6.45, 7) is 1.67. The number of hydrogen-bond donors (Lipinski definition) is 3. The Kier molecular flexibility index (Phi) is 4.35. The van der Waals surface area contributed by atoms with Gasteiger partial charge in [0, 0.05) is 17.7 Å². The topological polar surface area (TPSA) is 113 Å². The third kappa shape index (κ3) is 3.14. The van der Waals surface area contributed by atoms with E-state index in [4.69, 9.17) is 0 Å². The van der Waals surface area contributed by atoms with E-state index in [0.717, 1.165) is 0 Å². The number of rotatable bonds is 5. The van der Waals surface area contributed by atoms with Crippen molar-refractivity contribution in [2.45, 2.75) is 17.9 Å². The minimum Gasteiger partial charge on any atom is -0.372 e. The molecule has 1 unspecified atom stereocenters. The van der Waals surface area contributed by atoms with E-state index in [2.05, 4.69) is 46.1 Å². The number of sulfonamides is 1. The van der Waals surface area contributed by atoms with Crippen LogP contribution in [-0.2, 0) is 10.0 Å². The third-order valence-corrected chi connectivity index (χ3v) is 4.51. The summed E-state index contributed by atoms with van der Waals surface area (Å²) in [6.07, 6.45) is 2.84. The molecule has 2 heterocycles. The first-order valence-corrected chi connectivity index (χ1v) is 7.92. The summed E-state index contributed by atoms with van der Waals surface area (Å²) in [5.41, 5.74) is 0. The molecule has 8 nitrogen and oxygen atoms in total. The van der Waals surface area contributed by atoms with Gasteiger partial charge in [-0.05, 0) is 28.9 Å². The second-order valence-corrected chi connectivity index (χ2v) is 6.56. The van der Waals surface area contributed by atoms with E-state index in [0.29, 0.717) is 10.3 Å². The van der Waals surface area contributed by atoms with Gasteiger partial charge < -0.3 is 5.32 Å². The molecular weight excluding hydrogens is 348 g/mol. The van der Waals surface area contributed by atoms with Crippen LogP contribution in [-0.4, -0.2) is 35.6 Å². The predicted molar refractivity (Wildman–Crippen MR) is 76.6 cm³/mol. The van der Waals surface area contributed by atoms with E-state index < -0.39 is 16.1 Å². The molecule has 0 aliphatic carbocycles. The summed E-state index contributed by atoms with van der Waals surface area (Å²) in [4.78, 5) is 8.00. The maximum atomic E-state index is 12.4. The standard InChI is InChI=1S/C10H13BrN6O2S/c1-6(9-14-5-15-16-9)17-20(18,19)8-3-7(11)4-13-10(8)12-2/h3-6,17H,1-2H3,(H,12,13)(H,14,15,16). The largest absolute Gasteiger partial charge is 0.372 e. The van der Waals surface area contributed by atoms with Crippen LogP contribution in [0.5, 0.6) is 0 Å². The van der Waals surface area contributed by atoms with Gasteiger partial charge in [0.25, 0.3) is 0 Å². The van der Waals surface area contributed by atoms with Crippen molar-refractivity contribution in [3.05, 3.63) is 28.9 Å². The lowest BCUT2D eigenvalue weighted by Crippen LogP contribution is -2.28. The lowest BCUT2D eigenvalue weighted by molar-refractivity contribution is 0.560. The smallest absolute Gasteiger partial charge is 0.244 e. The van der Waals surface area contributed by atoms with Gasteiger partial charge in [-0.15, -0.1) is 0 Å². The molecule has 0 radical (unpaired) electrons. The number of pyridine rings is 1. The second-order valence-electron chi connectivity index (χ2n) is 3.96. The highest BCUT2D eigenvalue weighted by atomic mass is 79.9. The summed E-state index contributed by atoms with van der Waals surface area (Å²) >= 11 is 3.21. The highest BCUT2D eigenvalue weighted by Gasteiger charge is 2.23. The van der Waals surface area contributed by atoms with Crippen molar-refractivity contribution in [2.24, 2.45) is 0 Å². The number of H-pyrrole nitrogens is 1. The number of nitrogens with one attached hydrogen (secondary N) is 3. The minimum atomic E-state index is -3.74. The average Bonchev–Trinajstić information content (AvgIpc) is 2.92. The molecule has 108 valence electrons. The van der Waals surface area contributed by atoms with Crippen molar-refractivity contribution in [3.8, 4) is 0 Å². The molecule has 0 fully saturated rings. The molecule has 2 aromatic rings. The molecule has 0 spiro atoms. The quantitative estimate of drug-likeness (QED) is 0.734. The highest BCUT2D eigenvalue weighted by molar-refractivity contribution is 9.10. The molecule has 0 aliphatic rings. The van der Waals surface area contributed by atoms with Gasteiger partial charge in [-0.3, -0.25) is 5.10 Å². The molecule has 0 aliphatic heterocycles. The normalized spacial score (nSPS) is 13.2. The second kappa shape index (κ2) is 5.85. The van der Waals surface area contributed by atoms with E-state index in [1.807, 2.05) is 0 Å². The van der Waals surface area contributed by atoms with Crippen molar-refractivity contribution >= 4 is 31.8 Å². The zero-order chi connectivity index (χ0) is 14.8. The molecule has 3 N–H and O–H groups in total. The first-order valence-electron chi connectivity index (χ1n) is 5.65. The lowest BCUT2D eigenvalue weighted by Gasteiger charge is -2.14. The average molecular weight is 361 g/mol. The fourth-order valence-electron chi connectivity index (χ4n) is 1.59. The molecule has 0 amide bonds. The summed E-state index contributed by atoms with van der Waals surface area (Å²) in [6, 6.07) is 0.944. The van der Waals surface area contributed by atoms with Crippen LogP contribution in [0.3, 0.4) is 0 Å².